The average molecular weight is 492 g/mol. The Labute approximate surface area is 217 Å². The van der Waals surface area contributed by atoms with Crippen LogP contribution in [0.5, 0.6) is 5.75 Å². The van der Waals surface area contributed by atoms with Gasteiger partial charge in [0.25, 0.3) is 0 Å². The third kappa shape index (κ3) is 5.56. The third-order valence-corrected chi connectivity index (χ3v) is 6.68. The second-order valence-electron chi connectivity index (χ2n) is 9.25. The first-order valence-electron chi connectivity index (χ1n) is 12.5. The van der Waals surface area contributed by atoms with Crippen LogP contribution in [-0.4, -0.2) is 23.5 Å². The molecule has 37 heavy (non-hydrogen) atoms. The van der Waals surface area contributed by atoms with Crippen LogP contribution in [0.15, 0.2) is 109 Å². The number of rotatable bonds is 8. The van der Waals surface area contributed by atoms with Crippen molar-refractivity contribution in [2.45, 2.75) is 31.9 Å². The van der Waals surface area contributed by atoms with Crippen molar-refractivity contribution in [3.05, 3.63) is 137 Å². The molecular weight excluding hydrogens is 462 g/mol. The molecule has 1 heterocycles. The van der Waals surface area contributed by atoms with Crippen molar-refractivity contribution in [3.8, 4) is 5.75 Å². The standard InChI is InChI=1S/C32H29NO4/c1-23-17-18-30(36-21-24-11-5-2-6-12-24)28(19-23)27(25-13-7-3-8-14-25)20-31(34)33-29(22-37-32(33)35)26-15-9-4-10-16-26/h2-19,27,29H,20-22H2,1H3/t27-,29+/m1/s1. The Bertz CT molecular complexity index is 1360. The molecule has 5 nitrogen and oxygen atoms in total. The molecule has 1 saturated heterocycles. The number of nitrogens with zero attached hydrogens (tertiary/aromatic N) is 1. The average Bonchev–Trinajstić information content (AvgIpc) is 3.34. The zero-order valence-corrected chi connectivity index (χ0v) is 20.7. The second kappa shape index (κ2) is 11.1. The van der Waals surface area contributed by atoms with Crippen molar-refractivity contribution < 1.29 is 19.1 Å². The van der Waals surface area contributed by atoms with Crippen LogP contribution in [0.3, 0.4) is 0 Å². The van der Waals surface area contributed by atoms with Gasteiger partial charge in [-0.15, -0.1) is 0 Å². The van der Waals surface area contributed by atoms with Crippen LogP contribution in [0, 0.1) is 6.92 Å². The molecule has 0 saturated carbocycles. The zero-order chi connectivity index (χ0) is 25.6. The Morgan fingerprint density at radius 2 is 1.57 bits per heavy atom. The largest absolute Gasteiger partial charge is 0.489 e. The van der Waals surface area contributed by atoms with Crippen LogP contribution in [-0.2, 0) is 16.1 Å². The third-order valence-electron chi connectivity index (χ3n) is 6.68. The van der Waals surface area contributed by atoms with Gasteiger partial charge >= 0.3 is 6.09 Å². The Morgan fingerprint density at radius 3 is 2.27 bits per heavy atom. The number of hydrogen-bond donors (Lipinski definition) is 0. The molecule has 1 aliphatic heterocycles. The van der Waals surface area contributed by atoms with Gasteiger partial charge in [-0.3, -0.25) is 4.79 Å². The van der Waals surface area contributed by atoms with E-state index >= 15 is 0 Å². The Morgan fingerprint density at radius 1 is 0.919 bits per heavy atom. The lowest BCUT2D eigenvalue weighted by molar-refractivity contribution is -0.129. The number of ether oxygens (including phenoxy) is 2. The van der Waals surface area contributed by atoms with Crippen LogP contribution in [0.1, 0.15) is 46.2 Å². The number of cyclic esters (lactones) is 1. The fraction of sp³-hybridized carbons (Fsp3) is 0.188. The molecule has 0 N–H and O–H groups in total. The minimum absolute atomic E-state index is 0.105. The fourth-order valence-electron chi connectivity index (χ4n) is 4.79. The summed E-state index contributed by atoms with van der Waals surface area (Å²) in [5.74, 6) is 0.143. The molecule has 0 aliphatic carbocycles. The maximum Gasteiger partial charge on any atom is 0.417 e. The predicted molar refractivity (Wildman–Crippen MR) is 142 cm³/mol. The molecular formula is C32H29NO4. The predicted octanol–water partition coefficient (Wildman–Crippen LogP) is 6.82. The summed E-state index contributed by atoms with van der Waals surface area (Å²) < 4.78 is 11.6. The molecule has 2 atom stereocenters. The van der Waals surface area contributed by atoms with Crippen LogP contribution in [0.2, 0.25) is 0 Å². The van der Waals surface area contributed by atoms with E-state index in [4.69, 9.17) is 9.47 Å². The normalized spacial score (nSPS) is 15.8. The summed E-state index contributed by atoms with van der Waals surface area (Å²) >= 11 is 0. The van der Waals surface area contributed by atoms with Crippen molar-refractivity contribution in [1.82, 2.24) is 4.90 Å². The lowest BCUT2D eigenvalue weighted by Gasteiger charge is -2.25. The maximum atomic E-state index is 13.8. The van der Waals surface area contributed by atoms with Crippen molar-refractivity contribution in [2.24, 2.45) is 0 Å². The first-order chi connectivity index (χ1) is 18.1. The van der Waals surface area contributed by atoms with E-state index in [1.807, 2.05) is 110 Å². The summed E-state index contributed by atoms with van der Waals surface area (Å²) in [4.78, 5) is 27.7. The highest BCUT2D eigenvalue weighted by molar-refractivity contribution is 5.94. The number of aryl methyl sites for hydroxylation is 1. The van der Waals surface area contributed by atoms with Crippen LogP contribution in [0.25, 0.3) is 0 Å². The molecule has 0 radical (unpaired) electrons. The van der Waals surface area contributed by atoms with E-state index in [0.717, 1.165) is 33.6 Å². The minimum Gasteiger partial charge on any atom is -0.489 e. The summed E-state index contributed by atoms with van der Waals surface area (Å²) in [6.07, 6.45) is -0.497. The first kappa shape index (κ1) is 24.3. The van der Waals surface area contributed by atoms with E-state index in [9.17, 15) is 9.59 Å². The van der Waals surface area contributed by atoms with E-state index in [0.29, 0.717) is 6.61 Å². The van der Waals surface area contributed by atoms with Gasteiger partial charge in [0.15, 0.2) is 0 Å². The van der Waals surface area contributed by atoms with Crippen LogP contribution < -0.4 is 4.74 Å². The van der Waals surface area contributed by atoms with Crippen molar-refractivity contribution >= 4 is 12.0 Å². The molecule has 4 aromatic carbocycles. The summed E-state index contributed by atoms with van der Waals surface area (Å²) in [5, 5.41) is 0. The Balaban J connectivity index is 1.47. The topological polar surface area (TPSA) is 55.8 Å². The molecule has 0 bridgehead atoms. The smallest absolute Gasteiger partial charge is 0.417 e. The van der Waals surface area contributed by atoms with E-state index < -0.39 is 12.1 Å². The quantitative estimate of drug-likeness (QED) is 0.271. The second-order valence-corrected chi connectivity index (χ2v) is 9.25. The maximum absolute atomic E-state index is 13.8. The molecule has 5 rings (SSSR count). The van der Waals surface area contributed by atoms with Gasteiger partial charge in [0, 0.05) is 17.9 Å². The van der Waals surface area contributed by atoms with Gasteiger partial charge in [-0.1, -0.05) is 109 Å². The van der Waals surface area contributed by atoms with E-state index in [1.165, 1.54) is 4.90 Å². The summed E-state index contributed by atoms with van der Waals surface area (Å²) in [6, 6.07) is 35.0. The fourth-order valence-corrected chi connectivity index (χ4v) is 4.79. The number of imide groups is 1. The molecule has 1 aliphatic rings. The monoisotopic (exact) mass is 491 g/mol. The van der Waals surface area contributed by atoms with Gasteiger partial charge in [-0.25, -0.2) is 9.69 Å². The highest BCUT2D eigenvalue weighted by Crippen LogP contribution is 2.38. The van der Waals surface area contributed by atoms with Gasteiger partial charge in [-0.2, -0.15) is 0 Å². The van der Waals surface area contributed by atoms with Crippen LogP contribution in [0.4, 0.5) is 4.79 Å². The molecule has 1 fully saturated rings. The molecule has 0 spiro atoms. The Hall–Kier alpha value is -4.38. The molecule has 2 amide bonds. The molecule has 186 valence electrons. The molecule has 0 unspecified atom stereocenters. The highest BCUT2D eigenvalue weighted by Gasteiger charge is 2.40. The van der Waals surface area contributed by atoms with Crippen molar-refractivity contribution in [3.63, 3.8) is 0 Å². The minimum atomic E-state index is -0.601. The Kier molecular flexibility index (Phi) is 7.31. The molecule has 5 heteroatoms. The number of carbonyl (C=O) groups excluding carboxylic acids is 2. The van der Waals surface area contributed by atoms with E-state index in [2.05, 4.69) is 6.07 Å². The van der Waals surface area contributed by atoms with E-state index in [1.54, 1.807) is 0 Å². The van der Waals surface area contributed by atoms with Gasteiger partial charge < -0.3 is 9.47 Å². The first-order valence-corrected chi connectivity index (χ1v) is 12.5. The van der Waals surface area contributed by atoms with Gasteiger partial charge in [-0.05, 0) is 29.7 Å². The van der Waals surface area contributed by atoms with Gasteiger partial charge in [0.1, 0.15) is 25.0 Å². The summed E-state index contributed by atoms with van der Waals surface area (Å²) in [5.41, 5.74) is 4.90. The summed E-state index contributed by atoms with van der Waals surface area (Å²) in [7, 11) is 0. The summed E-state index contributed by atoms with van der Waals surface area (Å²) in [6.45, 7) is 2.60. The van der Waals surface area contributed by atoms with Crippen LogP contribution >= 0.6 is 0 Å². The number of benzene rings is 4. The number of hydrogen-bond acceptors (Lipinski definition) is 4. The number of amides is 2. The van der Waals surface area contributed by atoms with E-state index in [-0.39, 0.29) is 24.9 Å². The van der Waals surface area contributed by atoms with Crippen molar-refractivity contribution in [2.75, 3.05) is 6.61 Å². The molecule has 4 aromatic rings. The highest BCUT2D eigenvalue weighted by atomic mass is 16.6. The van der Waals surface area contributed by atoms with Gasteiger partial charge in [0.2, 0.25) is 5.91 Å². The van der Waals surface area contributed by atoms with Crippen molar-refractivity contribution in [1.29, 1.82) is 0 Å². The lowest BCUT2D eigenvalue weighted by atomic mass is 9.86. The zero-order valence-electron chi connectivity index (χ0n) is 20.7. The number of carbonyl (C=O) groups is 2. The lowest BCUT2D eigenvalue weighted by Crippen LogP contribution is -2.35. The van der Waals surface area contributed by atoms with Gasteiger partial charge in [0.05, 0.1) is 0 Å². The molecule has 0 aromatic heterocycles. The SMILES string of the molecule is Cc1ccc(OCc2ccccc2)c([C@H](CC(=O)N2C(=O)OC[C@H]2c2ccccc2)c2ccccc2)c1.